The Labute approximate surface area is 136 Å². The van der Waals surface area contributed by atoms with Gasteiger partial charge in [-0.1, -0.05) is 71.4 Å². The maximum Gasteiger partial charge on any atom is 0.0233 e. The van der Waals surface area contributed by atoms with Gasteiger partial charge in [0.25, 0.3) is 0 Å². The molecule has 1 heterocycles. The van der Waals surface area contributed by atoms with E-state index in [1.807, 2.05) is 0 Å². The fourth-order valence-electron chi connectivity index (χ4n) is 3.27. The monoisotopic (exact) mass is 343 g/mol. The summed E-state index contributed by atoms with van der Waals surface area (Å²) in [7, 11) is 0. The Bertz CT molecular complexity index is 586. The van der Waals surface area contributed by atoms with Gasteiger partial charge in [0.15, 0.2) is 0 Å². The van der Waals surface area contributed by atoms with E-state index < -0.39 is 0 Å². The second-order valence-electron chi connectivity index (χ2n) is 6.30. The number of piperidine rings is 1. The molecule has 3 rings (SSSR count). The second kappa shape index (κ2) is 6.33. The Morgan fingerprint density at radius 2 is 1.57 bits per heavy atom. The van der Waals surface area contributed by atoms with Gasteiger partial charge in [0.2, 0.25) is 0 Å². The van der Waals surface area contributed by atoms with Crippen LogP contribution in [0.3, 0.4) is 0 Å². The van der Waals surface area contributed by atoms with E-state index in [4.69, 9.17) is 0 Å². The third-order valence-electron chi connectivity index (χ3n) is 4.73. The lowest BCUT2D eigenvalue weighted by molar-refractivity contribution is 0.161. The summed E-state index contributed by atoms with van der Waals surface area (Å²) in [6.07, 6.45) is 2.45. The molecule has 0 radical (unpaired) electrons. The summed E-state index contributed by atoms with van der Waals surface area (Å²) >= 11 is 3.72. The maximum absolute atomic E-state index is 3.72. The quantitative estimate of drug-likeness (QED) is 0.757. The van der Waals surface area contributed by atoms with Crippen LogP contribution in [0.5, 0.6) is 0 Å². The van der Waals surface area contributed by atoms with Crippen molar-refractivity contribution in [2.24, 2.45) is 0 Å². The SMILES string of the molecule is CC1(c2ccccc2Br)CCN(Cc2ccccc2)CC1. The predicted octanol–water partition coefficient (Wildman–Crippen LogP) is 5.00. The van der Waals surface area contributed by atoms with Crippen molar-refractivity contribution in [3.63, 3.8) is 0 Å². The zero-order valence-corrected chi connectivity index (χ0v) is 14.1. The van der Waals surface area contributed by atoms with Crippen molar-refractivity contribution >= 4 is 15.9 Å². The van der Waals surface area contributed by atoms with Crippen LogP contribution in [0.1, 0.15) is 30.9 Å². The molecule has 0 bridgehead atoms. The van der Waals surface area contributed by atoms with Gasteiger partial charge in [-0.2, -0.15) is 0 Å². The number of hydrogen-bond donors (Lipinski definition) is 0. The molecule has 2 aromatic carbocycles. The van der Waals surface area contributed by atoms with Crippen LogP contribution in [0.15, 0.2) is 59.1 Å². The highest BCUT2D eigenvalue weighted by molar-refractivity contribution is 9.10. The molecule has 0 saturated carbocycles. The lowest BCUT2D eigenvalue weighted by Gasteiger charge is -2.40. The fraction of sp³-hybridized carbons (Fsp3) is 0.368. The highest BCUT2D eigenvalue weighted by Crippen LogP contribution is 2.38. The van der Waals surface area contributed by atoms with E-state index in [1.165, 1.54) is 41.5 Å². The van der Waals surface area contributed by atoms with Gasteiger partial charge in [-0.3, -0.25) is 4.90 Å². The summed E-state index contributed by atoms with van der Waals surface area (Å²) in [4.78, 5) is 2.58. The van der Waals surface area contributed by atoms with Crippen LogP contribution in [-0.2, 0) is 12.0 Å². The average molecular weight is 344 g/mol. The van der Waals surface area contributed by atoms with E-state index in [0.717, 1.165) is 6.54 Å². The molecule has 1 fully saturated rings. The van der Waals surface area contributed by atoms with E-state index in [0.29, 0.717) is 5.41 Å². The Morgan fingerprint density at radius 3 is 2.24 bits per heavy atom. The summed E-state index contributed by atoms with van der Waals surface area (Å²) in [6.45, 7) is 5.83. The Balaban J connectivity index is 1.66. The first kappa shape index (κ1) is 14.8. The van der Waals surface area contributed by atoms with E-state index in [1.54, 1.807) is 0 Å². The van der Waals surface area contributed by atoms with Crippen molar-refractivity contribution < 1.29 is 0 Å². The molecule has 21 heavy (non-hydrogen) atoms. The highest BCUT2D eigenvalue weighted by Gasteiger charge is 2.32. The standard InChI is InChI=1S/C19H22BrN/c1-19(17-9-5-6-10-18(17)20)11-13-21(14-12-19)15-16-7-3-2-4-8-16/h2-10H,11-15H2,1H3. The van der Waals surface area contributed by atoms with Crippen molar-refractivity contribution in [2.45, 2.75) is 31.7 Å². The van der Waals surface area contributed by atoms with Gasteiger partial charge in [0, 0.05) is 11.0 Å². The number of nitrogens with zero attached hydrogens (tertiary/aromatic N) is 1. The molecule has 0 amide bonds. The number of benzene rings is 2. The van der Waals surface area contributed by atoms with Crippen LogP contribution < -0.4 is 0 Å². The summed E-state index contributed by atoms with van der Waals surface area (Å²) in [5.74, 6) is 0. The zero-order valence-electron chi connectivity index (χ0n) is 12.6. The molecule has 1 aliphatic heterocycles. The van der Waals surface area contributed by atoms with Crippen LogP contribution in [0.2, 0.25) is 0 Å². The van der Waals surface area contributed by atoms with Crippen LogP contribution >= 0.6 is 15.9 Å². The molecule has 1 aliphatic rings. The topological polar surface area (TPSA) is 3.24 Å². The van der Waals surface area contributed by atoms with Crippen molar-refractivity contribution in [1.82, 2.24) is 4.90 Å². The highest BCUT2D eigenvalue weighted by atomic mass is 79.9. The molecule has 2 heteroatoms. The van der Waals surface area contributed by atoms with Gasteiger partial charge in [-0.15, -0.1) is 0 Å². The zero-order chi connectivity index (χ0) is 14.7. The molecule has 1 saturated heterocycles. The molecule has 110 valence electrons. The third-order valence-corrected chi connectivity index (χ3v) is 5.42. The first-order chi connectivity index (χ1) is 10.2. The lowest BCUT2D eigenvalue weighted by Crippen LogP contribution is -2.40. The van der Waals surface area contributed by atoms with Gasteiger partial charge in [-0.05, 0) is 48.5 Å². The number of halogens is 1. The molecule has 1 nitrogen and oxygen atoms in total. The van der Waals surface area contributed by atoms with Crippen LogP contribution in [-0.4, -0.2) is 18.0 Å². The van der Waals surface area contributed by atoms with E-state index in [2.05, 4.69) is 82.4 Å². The van der Waals surface area contributed by atoms with Gasteiger partial charge >= 0.3 is 0 Å². The molecule has 0 spiro atoms. The van der Waals surface area contributed by atoms with Gasteiger partial charge in [0.05, 0.1) is 0 Å². The van der Waals surface area contributed by atoms with Crippen molar-refractivity contribution in [1.29, 1.82) is 0 Å². The molecular weight excluding hydrogens is 322 g/mol. The smallest absolute Gasteiger partial charge is 0.0233 e. The molecule has 2 aromatic rings. The first-order valence-electron chi connectivity index (χ1n) is 7.69. The van der Waals surface area contributed by atoms with Gasteiger partial charge in [-0.25, -0.2) is 0 Å². The molecule has 0 N–H and O–H groups in total. The van der Waals surface area contributed by atoms with E-state index in [9.17, 15) is 0 Å². The van der Waals surface area contributed by atoms with Crippen molar-refractivity contribution in [3.8, 4) is 0 Å². The Morgan fingerprint density at radius 1 is 0.952 bits per heavy atom. The molecule has 0 aliphatic carbocycles. The van der Waals surface area contributed by atoms with Gasteiger partial charge < -0.3 is 0 Å². The summed E-state index contributed by atoms with van der Waals surface area (Å²) in [5, 5.41) is 0. The fourth-order valence-corrected chi connectivity index (χ4v) is 4.03. The Kier molecular flexibility index (Phi) is 4.46. The maximum atomic E-state index is 3.72. The summed E-state index contributed by atoms with van der Waals surface area (Å²) in [5.41, 5.74) is 3.18. The van der Waals surface area contributed by atoms with Crippen molar-refractivity contribution in [2.75, 3.05) is 13.1 Å². The average Bonchev–Trinajstić information content (AvgIpc) is 2.51. The molecule has 0 atom stereocenters. The number of hydrogen-bond acceptors (Lipinski definition) is 1. The minimum Gasteiger partial charge on any atom is -0.299 e. The normalized spacial score (nSPS) is 18.6. The minimum atomic E-state index is 0.299. The summed E-state index contributed by atoms with van der Waals surface area (Å²) in [6, 6.07) is 19.5. The molecule has 0 aromatic heterocycles. The molecular formula is C19H22BrN. The number of likely N-dealkylation sites (tertiary alicyclic amines) is 1. The van der Waals surface area contributed by atoms with E-state index in [-0.39, 0.29) is 0 Å². The third kappa shape index (κ3) is 3.38. The van der Waals surface area contributed by atoms with Crippen LogP contribution in [0, 0.1) is 0 Å². The minimum absolute atomic E-state index is 0.299. The first-order valence-corrected chi connectivity index (χ1v) is 8.48. The molecule has 0 unspecified atom stereocenters. The second-order valence-corrected chi connectivity index (χ2v) is 7.16. The van der Waals surface area contributed by atoms with Gasteiger partial charge in [0.1, 0.15) is 0 Å². The van der Waals surface area contributed by atoms with E-state index >= 15 is 0 Å². The van der Waals surface area contributed by atoms with Crippen LogP contribution in [0.25, 0.3) is 0 Å². The van der Waals surface area contributed by atoms with Crippen LogP contribution in [0.4, 0.5) is 0 Å². The predicted molar refractivity (Wildman–Crippen MR) is 92.4 cm³/mol. The summed E-state index contributed by atoms with van der Waals surface area (Å²) < 4.78 is 1.25. The lowest BCUT2D eigenvalue weighted by atomic mass is 9.74. The van der Waals surface area contributed by atoms with Crippen molar-refractivity contribution in [3.05, 3.63) is 70.2 Å². The number of rotatable bonds is 3. The largest absolute Gasteiger partial charge is 0.299 e. The Hall–Kier alpha value is -1.12.